The van der Waals surface area contributed by atoms with Crippen molar-refractivity contribution in [2.75, 3.05) is 13.2 Å². The van der Waals surface area contributed by atoms with Crippen LogP contribution in [0.25, 0.3) is 0 Å². The Labute approximate surface area is 472 Å². The van der Waals surface area contributed by atoms with E-state index in [0.717, 1.165) is 83.5 Å². The molecule has 0 amide bonds. The Balaban J connectivity index is 4.15. The van der Waals surface area contributed by atoms with Gasteiger partial charge in [-0.25, -0.2) is 0 Å². The molecule has 0 aliphatic heterocycles. The molecule has 1 atom stereocenters. The van der Waals surface area contributed by atoms with E-state index in [4.69, 9.17) is 14.2 Å². The molecule has 0 aromatic heterocycles. The highest BCUT2D eigenvalue weighted by molar-refractivity contribution is 5.71. The molecule has 0 aromatic carbocycles. The van der Waals surface area contributed by atoms with Crippen LogP contribution in [0, 0.1) is 0 Å². The predicted octanol–water partition coefficient (Wildman–Crippen LogP) is 22.7. The van der Waals surface area contributed by atoms with Gasteiger partial charge in [0.05, 0.1) is 0 Å². The molecule has 6 heteroatoms. The lowest BCUT2D eigenvalue weighted by Crippen LogP contribution is -2.30. The molecule has 0 rings (SSSR count). The third-order valence-corrected chi connectivity index (χ3v) is 14.7. The topological polar surface area (TPSA) is 78.9 Å². The van der Waals surface area contributed by atoms with Gasteiger partial charge in [0, 0.05) is 19.3 Å². The number of carbonyl (C=O) groups is 3. The van der Waals surface area contributed by atoms with Crippen molar-refractivity contribution in [3.63, 3.8) is 0 Å². The molecule has 0 fully saturated rings. The normalized spacial score (nSPS) is 12.4. The van der Waals surface area contributed by atoms with Crippen molar-refractivity contribution < 1.29 is 28.6 Å². The van der Waals surface area contributed by atoms with E-state index in [1.165, 1.54) is 225 Å². The van der Waals surface area contributed by atoms with E-state index in [9.17, 15) is 14.4 Å². The van der Waals surface area contributed by atoms with Crippen LogP contribution in [0.5, 0.6) is 0 Å². The zero-order valence-corrected chi connectivity index (χ0v) is 50.8. The first-order valence-corrected chi connectivity index (χ1v) is 33.3. The Bertz CT molecular complexity index is 1360. The SMILES string of the molecule is CCC/C=C\CCCCCCCC(=O)OCC(COC(=O)CCCCCCCCCCCCCCCCCCC/C=C\C/C=C\CCCCCCC)OC(=O)CCCCCCCCCCC/C=C\C/C=C\CCCCC. The summed E-state index contributed by atoms with van der Waals surface area (Å²) in [7, 11) is 0. The third kappa shape index (κ3) is 62.0. The molecular formula is C70H126O6. The van der Waals surface area contributed by atoms with E-state index in [2.05, 4.69) is 81.5 Å². The van der Waals surface area contributed by atoms with Crippen molar-refractivity contribution in [2.45, 2.75) is 354 Å². The van der Waals surface area contributed by atoms with Gasteiger partial charge in [0.2, 0.25) is 0 Å². The number of ether oxygens (including phenoxy) is 3. The first kappa shape index (κ1) is 73.1. The average Bonchev–Trinajstić information content (AvgIpc) is 3.42. The van der Waals surface area contributed by atoms with Crippen LogP contribution in [0.15, 0.2) is 60.8 Å². The van der Waals surface area contributed by atoms with Crippen molar-refractivity contribution in [3.05, 3.63) is 60.8 Å². The summed E-state index contributed by atoms with van der Waals surface area (Å²) in [5, 5.41) is 0. The maximum absolute atomic E-state index is 12.9. The summed E-state index contributed by atoms with van der Waals surface area (Å²) in [5.41, 5.74) is 0. The molecule has 0 spiro atoms. The minimum absolute atomic E-state index is 0.0757. The van der Waals surface area contributed by atoms with Gasteiger partial charge >= 0.3 is 17.9 Å². The molecule has 0 heterocycles. The minimum atomic E-state index is -0.779. The van der Waals surface area contributed by atoms with Gasteiger partial charge in [0.15, 0.2) is 6.10 Å². The van der Waals surface area contributed by atoms with Gasteiger partial charge in [-0.05, 0) is 103 Å². The molecule has 6 nitrogen and oxygen atoms in total. The molecule has 0 N–H and O–H groups in total. The van der Waals surface area contributed by atoms with Crippen molar-refractivity contribution in [1.82, 2.24) is 0 Å². The Morgan fingerprint density at radius 2 is 0.500 bits per heavy atom. The summed E-state index contributed by atoms with van der Waals surface area (Å²) in [5.74, 6) is -0.874. The van der Waals surface area contributed by atoms with Crippen LogP contribution < -0.4 is 0 Å². The van der Waals surface area contributed by atoms with Crippen molar-refractivity contribution in [2.24, 2.45) is 0 Å². The fourth-order valence-electron chi connectivity index (χ4n) is 9.68. The second kappa shape index (κ2) is 64.6. The quantitative estimate of drug-likeness (QED) is 0.0261. The van der Waals surface area contributed by atoms with Gasteiger partial charge in [0.1, 0.15) is 13.2 Å². The molecule has 442 valence electrons. The lowest BCUT2D eigenvalue weighted by Gasteiger charge is -2.18. The average molecular weight is 1060 g/mol. The first-order chi connectivity index (χ1) is 37.5. The van der Waals surface area contributed by atoms with Gasteiger partial charge in [-0.1, -0.05) is 287 Å². The summed E-state index contributed by atoms with van der Waals surface area (Å²) in [6.07, 6.45) is 82.5. The van der Waals surface area contributed by atoms with E-state index < -0.39 is 6.10 Å². The standard InChI is InChI=1S/C70H126O6/c1-4-7-10-13-16-19-22-24-26-28-30-31-32-33-34-35-36-37-38-39-41-42-44-46-48-51-54-57-60-63-69(72)75-66-67(65-74-68(71)62-59-56-53-50-21-18-15-12-9-6-3)76-70(73)64-61-58-55-52-49-47-45-43-40-29-27-25-23-20-17-14-11-8-5-2/h12,15,17,20,22,24-25,27-28,30,67H,4-11,13-14,16,18-19,21,23,26,29,31-66H2,1-3H3/b15-12-,20-17-,24-22-,27-25-,30-28-. The Kier molecular flexibility index (Phi) is 62.2. The summed E-state index contributed by atoms with van der Waals surface area (Å²) in [6.45, 7) is 6.58. The number of carbonyl (C=O) groups excluding carboxylic acids is 3. The number of rotatable bonds is 61. The largest absolute Gasteiger partial charge is 0.462 e. The van der Waals surface area contributed by atoms with Crippen LogP contribution in [0.2, 0.25) is 0 Å². The molecule has 0 aliphatic carbocycles. The van der Waals surface area contributed by atoms with E-state index in [-0.39, 0.29) is 31.1 Å². The summed E-state index contributed by atoms with van der Waals surface area (Å²) < 4.78 is 16.9. The van der Waals surface area contributed by atoms with Crippen LogP contribution in [0.4, 0.5) is 0 Å². The molecular weight excluding hydrogens is 937 g/mol. The highest BCUT2D eigenvalue weighted by Crippen LogP contribution is 2.17. The van der Waals surface area contributed by atoms with E-state index in [1.807, 2.05) is 0 Å². The summed E-state index contributed by atoms with van der Waals surface area (Å²) in [6, 6.07) is 0. The molecule has 0 aromatic rings. The van der Waals surface area contributed by atoms with Gasteiger partial charge < -0.3 is 14.2 Å². The van der Waals surface area contributed by atoms with Crippen LogP contribution in [0.3, 0.4) is 0 Å². The molecule has 0 bridgehead atoms. The van der Waals surface area contributed by atoms with E-state index in [0.29, 0.717) is 19.3 Å². The van der Waals surface area contributed by atoms with Gasteiger partial charge in [-0.2, -0.15) is 0 Å². The van der Waals surface area contributed by atoms with Crippen LogP contribution in [-0.2, 0) is 28.6 Å². The maximum Gasteiger partial charge on any atom is 0.306 e. The Morgan fingerprint density at radius 1 is 0.263 bits per heavy atom. The molecule has 0 aliphatic rings. The zero-order valence-electron chi connectivity index (χ0n) is 50.8. The number of hydrogen-bond acceptors (Lipinski definition) is 6. The number of unbranched alkanes of at least 4 members (excludes halogenated alkanes) is 40. The second-order valence-corrected chi connectivity index (χ2v) is 22.4. The van der Waals surface area contributed by atoms with E-state index in [1.54, 1.807) is 0 Å². The van der Waals surface area contributed by atoms with Crippen LogP contribution in [0.1, 0.15) is 348 Å². The lowest BCUT2D eigenvalue weighted by atomic mass is 10.0. The minimum Gasteiger partial charge on any atom is -0.462 e. The van der Waals surface area contributed by atoms with Crippen LogP contribution >= 0.6 is 0 Å². The van der Waals surface area contributed by atoms with Gasteiger partial charge in [-0.3, -0.25) is 14.4 Å². The molecule has 0 radical (unpaired) electrons. The fraction of sp³-hybridized carbons (Fsp3) is 0.814. The Morgan fingerprint density at radius 3 is 0.816 bits per heavy atom. The summed E-state index contributed by atoms with van der Waals surface area (Å²) in [4.78, 5) is 38.2. The molecule has 0 saturated heterocycles. The molecule has 1 unspecified atom stereocenters. The van der Waals surface area contributed by atoms with Crippen molar-refractivity contribution >= 4 is 17.9 Å². The lowest BCUT2D eigenvalue weighted by molar-refractivity contribution is -0.167. The molecule has 76 heavy (non-hydrogen) atoms. The first-order valence-electron chi connectivity index (χ1n) is 33.3. The Hall–Kier alpha value is -2.89. The summed E-state index contributed by atoms with van der Waals surface area (Å²) >= 11 is 0. The molecule has 0 saturated carbocycles. The maximum atomic E-state index is 12.9. The second-order valence-electron chi connectivity index (χ2n) is 22.4. The van der Waals surface area contributed by atoms with Crippen molar-refractivity contribution in [1.29, 1.82) is 0 Å². The van der Waals surface area contributed by atoms with Gasteiger partial charge in [0.25, 0.3) is 0 Å². The number of esters is 3. The third-order valence-electron chi connectivity index (χ3n) is 14.7. The van der Waals surface area contributed by atoms with Gasteiger partial charge in [-0.15, -0.1) is 0 Å². The smallest absolute Gasteiger partial charge is 0.306 e. The number of hydrogen-bond donors (Lipinski definition) is 0. The highest BCUT2D eigenvalue weighted by Gasteiger charge is 2.19. The van der Waals surface area contributed by atoms with Crippen LogP contribution in [-0.4, -0.2) is 37.2 Å². The van der Waals surface area contributed by atoms with Crippen molar-refractivity contribution in [3.8, 4) is 0 Å². The monoisotopic (exact) mass is 1060 g/mol. The van der Waals surface area contributed by atoms with E-state index >= 15 is 0 Å². The zero-order chi connectivity index (χ0) is 55.0. The fourth-order valence-corrected chi connectivity index (χ4v) is 9.68. The number of allylic oxidation sites excluding steroid dienone is 10. The highest BCUT2D eigenvalue weighted by atomic mass is 16.6. The predicted molar refractivity (Wildman–Crippen MR) is 330 cm³/mol.